The Hall–Kier alpha value is -2.80. The van der Waals surface area contributed by atoms with Crippen LogP contribution < -0.4 is 10.1 Å². The monoisotopic (exact) mass is 399 g/mol. The van der Waals surface area contributed by atoms with E-state index in [-0.39, 0.29) is 17.8 Å². The van der Waals surface area contributed by atoms with Gasteiger partial charge < -0.3 is 10.1 Å². The second-order valence-electron chi connectivity index (χ2n) is 6.58. The second-order valence-corrected chi connectivity index (χ2v) is 7.29. The quantitative estimate of drug-likeness (QED) is 0.605. The van der Waals surface area contributed by atoms with E-state index < -0.39 is 0 Å². The van der Waals surface area contributed by atoms with Gasteiger partial charge in [0.25, 0.3) is 5.19 Å². The van der Waals surface area contributed by atoms with E-state index in [9.17, 15) is 9.18 Å². The molecule has 1 heterocycles. The molecule has 1 unspecified atom stereocenters. The van der Waals surface area contributed by atoms with E-state index in [1.807, 2.05) is 38.1 Å². The van der Waals surface area contributed by atoms with Crippen molar-refractivity contribution < 1.29 is 13.9 Å². The summed E-state index contributed by atoms with van der Waals surface area (Å²) in [6.45, 7) is 4.02. The fourth-order valence-corrected chi connectivity index (χ4v) is 3.09. The highest BCUT2D eigenvalue weighted by atomic mass is 32.1. The number of nitrogens with one attached hydrogen (secondary N) is 1. The zero-order valence-corrected chi connectivity index (χ0v) is 16.6. The van der Waals surface area contributed by atoms with Crippen molar-refractivity contribution in [2.75, 3.05) is 0 Å². The summed E-state index contributed by atoms with van der Waals surface area (Å²) in [7, 11) is 0. The van der Waals surface area contributed by atoms with Gasteiger partial charge in [-0.2, -0.15) is 9.36 Å². The Morgan fingerprint density at radius 3 is 2.50 bits per heavy atom. The number of hydrogen-bond donors (Lipinski definition) is 1. The van der Waals surface area contributed by atoms with Gasteiger partial charge in [0, 0.05) is 24.0 Å². The highest BCUT2D eigenvalue weighted by molar-refractivity contribution is 7.07. The number of carbonyl (C=O) groups excluding carboxylic acids is 1. The van der Waals surface area contributed by atoms with Crippen LogP contribution in [0.3, 0.4) is 0 Å². The molecule has 0 radical (unpaired) electrons. The van der Waals surface area contributed by atoms with Gasteiger partial charge in [-0.15, -0.1) is 0 Å². The zero-order chi connectivity index (χ0) is 19.9. The van der Waals surface area contributed by atoms with Gasteiger partial charge in [-0.05, 0) is 48.7 Å². The van der Waals surface area contributed by atoms with Gasteiger partial charge in [0.15, 0.2) is 5.82 Å². The fraction of sp³-hybridized carbons (Fsp3) is 0.286. The molecule has 3 rings (SSSR count). The highest BCUT2D eigenvalue weighted by Crippen LogP contribution is 2.24. The number of carbonyl (C=O) groups is 1. The Morgan fingerprint density at radius 1 is 1.14 bits per heavy atom. The summed E-state index contributed by atoms with van der Waals surface area (Å²) in [6.07, 6.45) is 1.76. The molecule has 7 heteroatoms. The third-order valence-corrected chi connectivity index (χ3v) is 4.87. The normalized spacial score (nSPS) is 11.8. The van der Waals surface area contributed by atoms with Crippen molar-refractivity contribution in [3.63, 3.8) is 0 Å². The van der Waals surface area contributed by atoms with Gasteiger partial charge in [0.1, 0.15) is 11.6 Å². The third kappa shape index (κ3) is 5.85. The molecule has 0 aliphatic heterocycles. The van der Waals surface area contributed by atoms with Crippen LogP contribution in [-0.2, 0) is 17.6 Å². The van der Waals surface area contributed by atoms with E-state index in [2.05, 4.69) is 14.7 Å². The molecule has 146 valence electrons. The predicted octanol–water partition coefficient (Wildman–Crippen LogP) is 4.52. The second kappa shape index (κ2) is 9.41. The molecule has 0 spiro atoms. The number of rotatable bonds is 8. The lowest BCUT2D eigenvalue weighted by atomic mass is 10.1. The molecule has 0 saturated carbocycles. The van der Waals surface area contributed by atoms with E-state index in [0.29, 0.717) is 29.6 Å². The maximum absolute atomic E-state index is 13.0. The molecule has 2 aromatic carbocycles. The fourth-order valence-electron chi connectivity index (χ4n) is 2.53. The van der Waals surface area contributed by atoms with Crippen LogP contribution in [0.1, 0.15) is 37.2 Å². The number of amides is 1. The van der Waals surface area contributed by atoms with E-state index in [0.717, 1.165) is 17.5 Å². The summed E-state index contributed by atoms with van der Waals surface area (Å²) < 4.78 is 23.0. The summed E-state index contributed by atoms with van der Waals surface area (Å²) in [6, 6.07) is 13.8. The standard InChI is InChI=1S/C21H22FN3O2S/c1-3-14(2)23-20(26)13-16-6-10-18(11-7-16)27-21-24-19(25-28-21)12-15-4-8-17(22)9-5-15/h4-11,14H,3,12-13H2,1-2H3,(H,23,26). The number of halogens is 1. The Morgan fingerprint density at radius 2 is 1.82 bits per heavy atom. The first-order valence-corrected chi connectivity index (χ1v) is 9.92. The molecule has 1 amide bonds. The van der Waals surface area contributed by atoms with Gasteiger partial charge in [0.2, 0.25) is 5.91 Å². The van der Waals surface area contributed by atoms with E-state index in [1.165, 1.54) is 23.7 Å². The SMILES string of the molecule is CCC(C)NC(=O)Cc1ccc(Oc2nc(Cc3ccc(F)cc3)ns2)cc1. The minimum absolute atomic E-state index is 0.0116. The molecule has 5 nitrogen and oxygen atoms in total. The molecule has 1 N–H and O–H groups in total. The Labute approximate surface area is 167 Å². The van der Waals surface area contributed by atoms with Crippen LogP contribution in [0.15, 0.2) is 48.5 Å². The van der Waals surface area contributed by atoms with Crippen LogP contribution in [-0.4, -0.2) is 21.3 Å². The Kier molecular flexibility index (Phi) is 6.71. The lowest BCUT2D eigenvalue weighted by molar-refractivity contribution is -0.121. The van der Waals surface area contributed by atoms with E-state index >= 15 is 0 Å². The molecular formula is C21H22FN3O2S. The summed E-state index contributed by atoms with van der Waals surface area (Å²) >= 11 is 1.17. The van der Waals surface area contributed by atoms with Crippen molar-refractivity contribution in [3.05, 3.63) is 71.3 Å². The first-order valence-electron chi connectivity index (χ1n) is 9.15. The summed E-state index contributed by atoms with van der Waals surface area (Å²) in [5.41, 5.74) is 1.85. The maximum Gasteiger partial charge on any atom is 0.298 e. The smallest absolute Gasteiger partial charge is 0.298 e. The van der Waals surface area contributed by atoms with Crippen molar-refractivity contribution in [3.8, 4) is 10.9 Å². The van der Waals surface area contributed by atoms with Gasteiger partial charge in [-0.25, -0.2) is 4.39 Å². The van der Waals surface area contributed by atoms with Gasteiger partial charge in [-0.3, -0.25) is 4.79 Å². The van der Waals surface area contributed by atoms with Crippen LogP contribution >= 0.6 is 11.5 Å². The molecule has 0 bridgehead atoms. The van der Waals surface area contributed by atoms with Crippen molar-refractivity contribution in [1.82, 2.24) is 14.7 Å². The molecular weight excluding hydrogens is 377 g/mol. The molecule has 0 aliphatic rings. The summed E-state index contributed by atoms with van der Waals surface area (Å²) in [5, 5.41) is 3.39. The van der Waals surface area contributed by atoms with Crippen molar-refractivity contribution in [1.29, 1.82) is 0 Å². The van der Waals surface area contributed by atoms with Gasteiger partial charge >= 0.3 is 0 Å². The summed E-state index contributed by atoms with van der Waals surface area (Å²) in [4.78, 5) is 16.3. The van der Waals surface area contributed by atoms with E-state index in [4.69, 9.17) is 4.74 Å². The number of nitrogens with zero attached hydrogens (tertiary/aromatic N) is 2. The van der Waals surface area contributed by atoms with E-state index in [1.54, 1.807) is 12.1 Å². The first-order chi connectivity index (χ1) is 13.5. The number of hydrogen-bond acceptors (Lipinski definition) is 5. The molecule has 0 fully saturated rings. The molecule has 1 atom stereocenters. The van der Waals surface area contributed by atoms with Crippen molar-refractivity contribution in [2.45, 2.75) is 39.2 Å². The zero-order valence-electron chi connectivity index (χ0n) is 15.8. The van der Waals surface area contributed by atoms with Gasteiger partial charge in [-0.1, -0.05) is 31.2 Å². The maximum atomic E-state index is 13.0. The number of ether oxygens (including phenoxy) is 1. The summed E-state index contributed by atoms with van der Waals surface area (Å²) in [5.74, 6) is 1.01. The predicted molar refractivity (Wildman–Crippen MR) is 107 cm³/mol. The number of benzene rings is 2. The average molecular weight is 399 g/mol. The van der Waals surface area contributed by atoms with Crippen molar-refractivity contribution >= 4 is 17.4 Å². The van der Waals surface area contributed by atoms with Crippen LogP contribution in [0, 0.1) is 5.82 Å². The minimum atomic E-state index is -0.264. The Bertz CT molecular complexity index is 910. The first kappa shape index (κ1) is 19.9. The minimum Gasteiger partial charge on any atom is -0.430 e. The topological polar surface area (TPSA) is 64.1 Å². The lowest BCUT2D eigenvalue weighted by Gasteiger charge is -2.11. The third-order valence-electron chi connectivity index (χ3n) is 4.24. The molecule has 1 aromatic heterocycles. The molecule has 28 heavy (non-hydrogen) atoms. The van der Waals surface area contributed by atoms with Crippen LogP contribution in [0.25, 0.3) is 0 Å². The molecule has 3 aromatic rings. The number of aromatic nitrogens is 2. The lowest BCUT2D eigenvalue weighted by Crippen LogP contribution is -2.33. The van der Waals surface area contributed by atoms with Crippen molar-refractivity contribution in [2.24, 2.45) is 0 Å². The highest BCUT2D eigenvalue weighted by Gasteiger charge is 2.09. The van der Waals surface area contributed by atoms with Crippen LogP contribution in [0.4, 0.5) is 4.39 Å². The van der Waals surface area contributed by atoms with Gasteiger partial charge in [0.05, 0.1) is 6.42 Å². The van der Waals surface area contributed by atoms with Crippen LogP contribution in [0.5, 0.6) is 10.9 Å². The molecule has 0 saturated heterocycles. The largest absolute Gasteiger partial charge is 0.430 e. The Balaban J connectivity index is 1.55. The van der Waals surface area contributed by atoms with Crippen LogP contribution in [0.2, 0.25) is 0 Å². The average Bonchev–Trinajstić information content (AvgIpc) is 3.12. The molecule has 0 aliphatic carbocycles.